The molecule has 7 rings (SSSR count). The number of carboxylic acid groups (broad SMARTS) is 2. The molecule has 2 aliphatic rings. The summed E-state index contributed by atoms with van der Waals surface area (Å²) in [6.45, 7) is -0.861. The molecule has 4 N–H and O–H groups in total. The van der Waals surface area contributed by atoms with E-state index in [0.29, 0.717) is 11.5 Å². The van der Waals surface area contributed by atoms with E-state index >= 15 is 0 Å². The molecule has 5 heterocycles. The number of hydrogen-bond acceptors (Lipinski definition) is 6. The summed E-state index contributed by atoms with van der Waals surface area (Å²) in [7, 11) is 0. The van der Waals surface area contributed by atoms with Gasteiger partial charge in [-0.15, -0.1) is 0 Å². The predicted molar refractivity (Wildman–Crippen MR) is 174 cm³/mol. The van der Waals surface area contributed by atoms with Gasteiger partial charge in [-0.3, -0.25) is 4.98 Å². The Bertz CT molecular complexity index is 2200. The third-order valence-corrected chi connectivity index (χ3v) is 7.65. The molecule has 0 spiro atoms. The molecule has 2 aromatic carbocycles. The fourth-order valence-electron chi connectivity index (χ4n) is 5.73. The van der Waals surface area contributed by atoms with Crippen LogP contribution >= 0.6 is 0 Å². The Balaban J connectivity index is 1.43. The topological polar surface area (TPSA) is 150 Å². The summed E-state index contributed by atoms with van der Waals surface area (Å²) >= 11 is 0. The predicted octanol–water partition coefficient (Wildman–Crippen LogP) is 6.53. The van der Waals surface area contributed by atoms with Crippen LogP contribution in [0.2, 0.25) is 0 Å². The van der Waals surface area contributed by atoms with Crippen molar-refractivity contribution >= 4 is 46.2 Å². The van der Waals surface area contributed by atoms with E-state index < -0.39 is 25.2 Å². The van der Waals surface area contributed by atoms with Gasteiger partial charge in [0.25, 0.3) is 0 Å². The normalized spacial score (nSPS) is 12.2. The van der Waals surface area contributed by atoms with E-state index in [-0.39, 0.29) is 0 Å². The lowest BCUT2D eigenvalue weighted by Crippen LogP contribution is -2.09. The lowest BCUT2D eigenvalue weighted by atomic mass is 10.0. The molecule has 2 aliphatic heterocycles. The molecule has 0 unspecified atom stereocenters. The molecule has 0 atom stereocenters. The molecule has 0 fully saturated rings. The van der Waals surface area contributed by atoms with E-state index in [2.05, 4.69) is 9.97 Å². The van der Waals surface area contributed by atoms with Crippen LogP contribution < -0.4 is 9.47 Å². The van der Waals surface area contributed by atoms with Gasteiger partial charge in [0, 0.05) is 38.9 Å². The minimum Gasteiger partial charge on any atom is -0.482 e. The first-order valence-corrected chi connectivity index (χ1v) is 14.7. The van der Waals surface area contributed by atoms with Crippen molar-refractivity contribution in [2.24, 2.45) is 0 Å². The highest BCUT2D eigenvalue weighted by atomic mass is 16.5. The van der Waals surface area contributed by atoms with Crippen molar-refractivity contribution in [1.29, 1.82) is 0 Å². The molecule has 10 heteroatoms. The molecular weight excluding hydrogens is 584 g/mol. The molecule has 0 radical (unpaired) electrons. The van der Waals surface area contributed by atoms with Crippen molar-refractivity contribution in [1.82, 2.24) is 19.9 Å². The Labute approximate surface area is 262 Å². The van der Waals surface area contributed by atoms with Gasteiger partial charge in [-0.05, 0) is 96.8 Å². The maximum atomic E-state index is 11.1. The molecule has 3 aromatic heterocycles. The van der Waals surface area contributed by atoms with E-state index in [1.165, 1.54) is 0 Å². The highest BCUT2D eigenvalue weighted by Gasteiger charge is 2.17. The van der Waals surface area contributed by atoms with Crippen LogP contribution in [0.25, 0.3) is 56.5 Å². The lowest BCUT2D eigenvalue weighted by Gasteiger charge is -2.08. The van der Waals surface area contributed by atoms with Crippen molar-refractivity contribution < 1.29 is 29.3 Å². The molecule has 0 saturated heterocycles. The maximum absolute atomic E-state index is 11.1. The van der Waals surface area contributed by atoms with Crippen LogP contribution in [0, 0.1) is 0 Å². The monoisotopic (exact) mass is 612 g/mol. The van der Waals surface area contributed by atoms with Crippen molar-refractivity contribution in [2.45, 2.75) is 12.8 Å². The number of aromatic nitrogens is 4. The zero-order valence-corrected chi connectivity index (χ0v) is 24.5. The number of fused-ring (bicyclic) bond motifs is 8. The van der Waals surface area contributed by atoms with E-state index in [1.54, 1.807) is 12.1 Å². The van der Waals surface area contributed by atoms with Gasteiger partial charge in [0.15, 0.2) is 13.2 Å². The van der Waals surface area contributed by atoms with Gasteiger partial charge in [-0.1, -0.05) is 24.3 Å². The Morgan fingerprint density at radius 1 is 0.674 bits per heavy atom. The van der Waals surface area contributed by atoms with Crippen molar-refractivity contribution in [3.05, 3.63) is 108 Å². The summed E-state index contributed by atoms with van der Waals surface area (Å²) in [5, 5.41) is 18.2. The number of benzene rings is 2. The number of carboxylic acids is 2. The molecule has 8 bridgehead atoms. The third kappa shape index (κ3) is 6.09. The van der Waals surface area contributed by atoms with Gasteiger partial charge in [0.05, 0.1) is 17.1 Å². The quantitative estimate of drug-likeness (QED) is 0.152. The summed E-state index contributed by atoms with van der Waals surface area (Å²) in [6, 6.07) is 26.7. The first kappa shape index (κ1) is 28.6. The zero-order valence-electron chi connectivity index (χ0n) is 24.5. The molecule has 228 valence electrons. The van der Waals surface area contributed by atoms with Crippen LogP contribution in [0.3, 0.4) is 0 Å². The number of aromatic amines is 2. The van der Waals surface area contributed by atoms with E-state index in [4.69, 9.17) is 29.7 Å². The zero-order chi connectivity index (χ0) is 31.6. The van der Waals surface area contributed by atoms with Crippen LogP contribution in [0.4, 0.5) is 0 Å². The summed E-state index contributed by atoms with van der Waals surface area (Å²) in [4.78, 5) is 39.2. The lowest BCUT2D eigenvalue weighted by molar-refractivity contribution is -0.140. The van der Waals surface area contributed by atoms with Crippen LogP contribution in [0.1, 0.15) is 22.8 Å². The number of carbonyl (C=O) groups is 2. The minimum absolute atomic E-state index is 0.427. The average molecular weight is 613 g/mol. The molecular formula is C36H28N4O6. The molecule has 0 saturated carbocycles. The maximum Gasteiger partial charge on any atom is 0.341 e. The molecule has 10 nitrogen and oxygen atoms in total. The van der Waals surface area contributed by atoms with Crippen molar-refractivity contribution in [3.63, 3.8) is 0 Å². The number of aryl methyl sites for hydroxylation is 2. The minimum atomic E-state index is -1.05. The Hall–Kier alpha value is -6.16. The second kappa shape index (κ2) is 12.1. The van der Waals surface area contributed by atoms with Crippen molar-refractivity contribution in [2.75, 3.05) is 13.2 Å². The van der Waals surface area contributed by atoms with Gasteiger partial charge in [0.1, 0.15) is 11.5 Å². The van der Waals surface area contributed by atoms with Gasteiger partial charge in [0.2, 0.25) is 0 Å². The number of rotatable bonds is 8. The summed E-state index contributed by atoms with van der Waals surface area (Å²) < 4.78 is 11.0. The van der Waals surface area contributed by atoms with Gasteiger partial charge in [-0.2, -0.15) is 0 Å². The highest BCUT2D eigenvalue weighted by molar-refractivity contribution is 5.91. The Kier molecular flexibility index (Phi) is 7.51. The first-order chi connectivity index (χ1) is 22.4. The fraction of sp³-hybridized carbons (Fsp3) is 0.111. The van der Waals surface area contributed by atoms with Gasteiger partial charge in [-0.25, -0.2) is 14.6 Å². The van der Waals surface area contributed by atoms with Crippen LogP contribution in [-0.4, -0.2) is 55.3 Å². The number of H-pyrrole nitrogens is 2. The van der Waals surface area contributed by atoms with E-state index in [1.807, 2.05) is 84.9 Å². The molecule has 0 aliphatic carbocycles. The number of ether oxygens (including phenoxy) is 2. The smallest absolute Gasteiger partial charge is 0.341 e. The highest BCUT2D eigenvalue weighted by Crippen LogP contribution is 2.34. The second-order valence-electron chi connectivity index (χ2n) is 10.9. The SMILES string of the molecule is O=C(O)COc1cccc(-c2c3nc(cc4ccc([nH]4)c(-c4cccc(OCC(=O)O)c4)c4nc(cc5ccc2[nH]5)CC4)C=C3)c1. The first-order valence-electron chi connectivity index (χ1n) is 14.7. The van der Waals surface area contributed by atoms with Crippen molar-refractivity contribution in [3.8, 4) is 33.8 Å². The summed E-state index contributed by atoms with van der Waals surface area (Å²) in [5.74, 6) is -1.17. The molecule has 46 heavy (non-hydrogen) atoms. The Morgan fingerprint density at radius 3 is 1.93 bits per heavy atom. The summed E-state index contributed by atoms with van der Waals surface area (Å²) in [6.07, 6.45) is 5.38. The van der Waals surface area contributed by atoms with Crippen LogP contribution in [-0.2, 0) is 22.4 Å². The number of nitrogens with zero attached hydrogens (tertiary/aromatic N) is 2. The van der Waals surface area contributed by atoms with Crippen LogP contribution in [0.15, 0.2) is 84.9 Å². The van der Waals surface area contributed by atoms with E-state index in [9.17, 15) is 9.59 Å². The van der Waals surface area contributed by atoms with Crippen LogP contribution in [0.5, 0.6) is 11.5 Å². The van der Waals surface area contributed by atoms with E-state index in [0.717, 1.165) is 79.9 Å². The van der Waals surface area contributed by atoms with Gasteiger partial charge < -0.3 is 29.7 Å². The van der Waals surface area contributed by atoms with Gasteiger partial charge >= 0.3 is 11.9 Å². The number of hydrogen-bond donors (Lipinski definition) is 4. The Morgan fingerprint density at radius 2 is 1.28 bits per heavy atom. The molecule has 5 aromatic rings. The summed E-state index contributed by atoms with van der Waals surface area (Å²) in [5.41, 5.74) is 10.2. The third-order valence-electron chi connectivity index (χ3n) is 7.65. The average Bonchev–Trinajstić information content (AvgIpc) is 3.87. The second-order valence-corrected chi connectivity index (χ2v) is 10.9. The largest absolute Gasteiger partial charge is 0.482 e. The standard InChI is InChI=1S/C36H28N4O6/c41-33(42)19-45-27-5-1-3-21(15-27)35-29-11-7-23(37-29)17-25-9-13-31(39-25)36(22-4-2-6-28(16-22)46-20-34(43)44)32-14-10-26(40-32)18-24-8-12-30(35)38-24/h1-9,11-13,15-18,38-39H,10,14,19-20H2,(H,41,42)(H,43,44). The fourth-order valence-corrected chi connectivity index (χ4v) is 5.73. The molecule has 0 amide bonds. The number of aliphatic carboxylic acids is 2. The number of nitrogens with one attached hydrogen (secondary N) is 2.